The third kappa shape index (κ3) is 1.61. The predicted octanol–water partition coefficient (Wildman–Crippen LogP) is 2.11. The van der Waals surface area contributed by atoms with Crippen molar-refractivity contribution in [2.75, 3.05) is 0 Å². The SMILES string of the molecule is Cc1cc2cnc(CCl)c(F)c2[nH]c1=O. The second-order valence-corrected chi connectivity index (χ2v) is 3.53. The molecule has 78 valence electrons. The Morgan fingerprint density at radius 1 is 1.60 bits per heavy atom. The zero-order valence-electron chi connectivity index (χ0n) is 7.97. The van der Waals surface area contributed by atoms with Gasteiger partial charge in [-0.2, -0.15) is 0 Å². The van der Waals surface area contributed by atoms with E-state index in [1.165, 1.54) is 6.20 Å². The molecule has 0 aromatic carbocycles. The number of nitrogens with one attached hydrogen (secondary N) is 1. The molecule has 0 amide bonds. The van der Waals surface area contributed by atoms with Crippen molar-refractivity contribution in [2.45, 2.75) is 12.8 Å². The summed E-state index contributed by atoms with van der Waals surface area (Å²) in [5.74, 6) is -0.572. The molecule has 0 saturated heterocycles. The van der Waals surface area contributed by atoms with Gasteiger partial charge in [-0.1, -0.05) is 0 Å². The first-order valence-electron chi connectivity index (χ1n) is 4.36. The highest BCUT2D eigenvalue weighted by Crippen LogP contribution is 2.17. The average Bonchev–Trinajstić information content (AvgIpc) is 2.22. The summed E-state index contributed by atoms with van der Waals surface area (Å²) in [6.45, 7) is 1.66. The maximum atomic E-state index is 13.7. The predicted molar refractivity (Wildman–Crippen MR) is 56.6 cm³/mol. The number of aromatic amines is 1. The number of rotatable bonds is 1. The Kier molecular flexibility index (Phi) is 2.44. The van der Waals surface area contributed by atoms with Gasteiger partial charge in [-0.3, -0.25) is 9.78 Å². The van der Waals surface area contributed by atoms with Gasteiger partial charge in [0.1, 0.15) is 0 Å². The maximum Gasteiger partial charge on any atom is 0.251 e. The summed E-state index contributed by atoms with van der Waals surface area (Å²) >= 11 is 5.51. The molecule has 0 atom stereocenters. The lowest BCUT2D eigenvalue weighted by Crippen LogP contribution is -2.10. The zero-order chi connectivity index (χ0) is 11.0. The number of hydrogen-bond acceptors (Lipinski definition) is 2. The maximum absolute atomic E-state index is 13.7. The van der Waals surface area contributed by atoms with E-state index >= 15 is 0 Å². The Hall–Kier alpha value is -1.42. The van der Waals surface area contributed by atoms with Gasteiger partial charge in [-0.15, -0.1) is 11.6 Å². The molecular formula is C10H8ClFN2O. The van der Waals surface area contributed by atoms with Crippen molar-refractivity contribution in [3.05, 3.63) is 39.7 Å². The van der Waals surface area contributed by atoms with Crippen LogP contribution in [0, 0.1) is 12.7 Å². The fraction of sp³-hybridized carbons (Fsp3) is 0.200. The van der Waals surface area contributed by atoms with Crippen LogP contribution in [-0.2, 0) is 5.88 Å². The van der Waals surface area contributed by atoms with E-state index in [1.54, 1.807) is 13.0 Å². The molecule has 3 nitrogen and oxygen atoms in total. The number of alkyl halides is 1. The van der Waals surface area contributed by atoms with Crippen molar-refractivity contribution in [2.24, 2.45) is 0 Å². The fourth-order valence-electron chi connectivity index (χ4n) is 1.38. The van der Waals surface area contributed by atoms with Gasteiger partial charge in [0.15, 0.2) is 5.82 Å². The van der Waals surface area contributed by atoms with Crippen LogP contribution in [-0.4, -0.2) is 9.97 Å². The van der Waals surface area contributed by atoms with Gasteiger partial charge < -0.3 is 4.98 Å². The zero-order valence-corrected chi connectivity index (χ0v) is 8.73. The molecule has 2 aromatic heterocycles. The molecule has 0 unspecified atom stereocenters. The molecule has 0 fully saturated rings. The second kappa shape index (κ2) is 3.62. The quantitative estimate of drug-likeness (QED) is 0.757. The van der Waals surface area contributed by atoms with E-state index in [4.69, 9.17) is 11.6 Å². The summed E-state index contributed by atoms with van der Waals surface area (Å²) < 4.78 is 13.7. The number of pyridine rings is 2. The smallest absolute Gasteiger partial charge is 0.251 e. The van der Waals surface area contributed by atoms with Crippen LogP contribution in [0.25, 0.3) is 10.9 Å². The number of aromatic nitrogens is 2. The van der Waals surface area contributed by atoms with Crippen molar-refractivity contribution in [1.82, 2.24) is 9.97 Å². The van der Waals surface area contributed by atoms with Gasteiger partial charge in [0.25, 0.3) is 5.56 Å². The Balaban J connectivity index is 2.87. The van der Waals surface area contributed by atoms with Crippen molar-refractivity contribution in [1.29, 1.82) is 0 Å². The van der Waals surface area contributed by atoms with Crippen molar-refractivity contribution >= 4 is 22.5 Å². The molecule has 0 radical (unpaired) electrons. The molecule has 1 N–H and O–H groups in total. The molecule has 5 heteroatoms. The van der Waals surface area contributed by atoms with Crippen LogP contribution in [0.1, 0.15) is 11.3 Å². The van der Waals surface area contributed by atoms with E-state index in [-0.39, 0.29) is 22.6 Å². The van der Waals surface area contributed by atoms with Gasteiger partial charge in [0.2, 0.25) is 0 Å². The van der Waals surface area contributed by atoms with E-state index < -0.39 is 5.82 Å². The highest BCUT2D eigenvalue weighted by atomic mass is 35.5. The number of H-pyrrole nitrogens is 1. The van der Waals surface area contributed by atoms with Crippen LogP contribution < -0.4 is 5.56 Å². The average molecular weight is 227 g/mol. The largest absolute Gasteiger partial charge is 0.319 e. The van der Waals surface area contributed by atoms with Crippen molar-refractivity contribution in [3.63, 3.8) is 0 Å². The minimum Gasteiger partial charge on any atom is -0.319 e. The van der Waals surface area contributed by atoms with Gasteiger partial charge in [-0.05, 0) is 13.0 Å². The minimum atomic E-state index is -0.556. The van der Waals surface area contributed by atoms with E-state index in [1.807, 2.05) is 0 Å². The summed E-state index contributed by atoms with van der Waals surface area (Å²) in [6.07, 6.45) is 1.50. The van der Waals surface area contributed by atoms with Gasteiger partial charge in [-0.25, -0.2) is 4.39 Å². The van der Waals surface area contributed by atoms with Crippen LogP contribution in [0.15, 0.2) is 17.1 Å². The summed E-state index contributed by atoms with van der Waals surface area (Å²) in [5, 5.41) is 0.568. The van der Waals surface area contributed by atoms with Crippen molar-refractivity contribution < 1.29 is 4.39 Å². The van der Waals surface area contributed by atoms with E-state index in [0.29, 0.717) is 10.9 Å². The highest BCUT2D eigenvalue weighted by molar-refractivity contribution is 6.17. The van der Waals surface area contributed by atoms with Crippen LogP contribution in [0.3, 0.4) is 0 Å². The Bertz CT molecular complexity index is 579. The number of hydrogen-bond donors (Lipinski definition) is 1. The monoisotopic (exact) mass is 226 g/mol. The lowest BCUT2D eigenvalue weighted by atomic mass is 10.2. The fourth-order valence-corrected chi connectivity index (χ4v) is 1.57. The second-order valence-electron chi connectivity index (χ2n) is 3.26. The van der Waals surface area contributed by atoms with Crippen LogP contribution >= 0.6 is 11.6 Å². The molecule has 0 bridgehead atoms. The normalized spacial score (nSPS) is 10.9. The minimum absolute atomic E-state index is 0.0162. The molecule has 0 aliphatic carbocycles. The number of aryl methyl sites for hydroxylation is 1. The first-order chi connectivity index (χ1) is 7.13. The summed E-state index contributed by atoms with van der Waals surface area (Å²) in [5.41, 5.74) is 0.537. The first kappa shape index (κ1) is 10.1. The van der Waals surface area contributed by atoms with Gasteiger partial charge in [0.05, 0.1) is 17.1 Å². The topological polar surface area (TPSA) is 45.8 Å². The van der Waals surface area contributed by atoms with E-state index in [9.17, 15) is 9.18 Å². The highest BCUT2D eigenvalue weighted by Gasteiger charge is 2.09. The molecule has 0 spiro atoms. The summed E-state index contributed by atoms with van der Waals surface area (Å²) in [7, 11) is 0. The van der Waals surface area contributed by atoms with Crippen molar-refractivity contribution in [3.8, 4) is 0 Å². The molecule has 0 aliphatic heterocycles. The third-order valence-electron chi connectivity index (χ3n) is 2.22. The van der Waals surface area contributed by atoms with Crippen LogP contribution in [0.4, 0.5) is 4.39 Å². The summed E-state index contributed by atoms with van der Waals surface area (Å²) in [4.78, 5) is 17.6. The molecule has 2 heterocycles. The number of nitrogens with zero attached hydrogens (tertiary/aromatic N) is 1. The molecule has 2 aromatic rings. The molecular weight excluding hydrogens is 219 g/mol. The molecule has 2 rings (SSSR count). The number of fused-ring (bicyclic) bond motifs is 1. The number of halogens is 2. The van der Waals surface area contributed by atoms with E-state index in [0.717, 1.165) is 0 Å². The molecule has 0 aliphatic rings. The van der Waals surface area contributed by atoms with Crippen LogP contribution in [0.5, 0.6) is 0 Å². The van der Waals surface area contributed by atoms with Gasteiger partial charge in [0, 0.05) is 17.1 Å². The Morgan fingerprint density at radius 3 is 3.00 bits per heavy atom. The third-order valence-corrected chi connectivity index (χ3v) is 2.47. The van der Waals surface area contributed by atoms with Gasteiger partial charge >= 0.3 is 0 Å². The molecule has 0 saturated carbocycles. The lowest BCUT2D eigenvalue weighted by Gasteiger charge is -2.03. The Morgan fingerprint density at radius 2 is 2.33 bits per heavy atom. The van der Waals surface area contributed by atoms with Crippen LogP contribution in [0.2, 0.25) is 0 Å². The standard InChI is InChI=1S/C10H8ClFN2O/c1-5-2-6-4-13-7(3-11)8(12)9(6)14-10(5)15/h2,4H,3H2,1H3,(H,14,15). The van der Waals surface area contributed by atoms with E-state index in [2.05, 4.69) is 9.97 Å². The lowest BCUT2D eigenvalue weighted by molar-refractivity contribution is 0.617. The Labute approximate surface area is 89.9 Å². The first-order valence-corrected chi connectivity index (χ1v) is 4.90. The summed E-state index contributed by atoms with van der Waals surface area (Å²) in [6, 6.07) is 1.60. The molecule has 15 heavy (non-hydrogen) atoms.